The van der Waals surface area contributed by atoms with Crippen LogP contribution in [-0.2, 0) is 33.1 Å². The summed E-state index contributed by atoms with van der Waals surface area (Å²) in [7, 11) is 3.48. The number of pyridine rings is 1. The van der Waals surface area contributed by atoms with Crippen molar-refractivity contribution in [3.8, 4) is 11.4 Å². The van der Waals surface area contributed by atoms with Crippen LogP contribution in [0.3, 0.4) is 0 Å². The molecule has 10 nitrogen and oxygen atoms in total. The van der Waals surface area contributed by atoms with Crippen LogP contribution in [0.1, 0.15) is 70.9 Å². The summed E-state index contributed by atoms with van der Waals surface area (Å²) >= 11 is 3.29. The van der Waals surface area contributed by atoms with E-state index in [9.17, 15) is 45.8 Å². The summed E-state index contributed by atoms with van der Waals surface area (Å²) in [6.45, 7) is 4.97. The summed E-state index contributed by atoms with van der Waals surface area (Å²) in [6, 6.07) is 5.79. The first-order valence-corrected chi connectivity index (χ1v) is 17.2. The van der Waals surface area contributed by atoms with Gasteiger partial charge in [-0.1, -0.05) is 34.1 Å². The number of esters is 1. The van der Waals surface area contributed by atoms with Crippen LogP contribution in [0.2, 0.25) is 0 Å². The Morgan fingerprint density at radius 1 is 1.04 bits per heavy atom. The van der Waals surface area contributed by atoms with E-state index < -0.39 is 65.1 Å². The standard InChI is InChI=1S/C36H38BrF6N5O5/c1-6-53-30(51)17-27(25-19-48(45-33(25)36(41,42)43)31-21(3)13-20(2)14-28(31)49)44-34(52)32(22-9-7-11-24(37)15-22)47-18-23(10-8-12-46(4)5)26(16-29(47)50)35(38,39)40/h7,9,11,13-16,18-19,27,32,49H,6,8,10,12,17H2,1-5H3,(H,44,52)/t27-,32?/m0/s1. The number of ether oxygens (including phenoxy) is 1. The Hall–Kier alpha value is -4.64. The molecule has 0 spiro atoms. The van der Waals surface area contributed by atoms with Gasteiger partial charge in [-0.15, -0.1) is 0 Å². The van der Waals surface area contributed by atoms with E-state index in [0.29, 0.717) is 28.2 Å². The first-order chi connectivity index (χ1) is 24.7. The summed E-state index contributed by atoms with van der Waals surface area (Å²) in [5.74, 6) is -2.48. The lowest BCUT2D eigenvalue weighted by Crippen LogP contribution is -2.41. The first-order valence-electron chi connectivity index (χ1n) is 16.4. The molecule has 0 saturated carbocycles. The quantitative estimate of drug-likeness (QED) is 0.110. The topological polar surface area (TPSA) is 119 Å². The van der Waals surface area contributed by atoms with Crippen LogP contribution in [0.4, 0.5) is 26.3 Å². The van der Waals surface area contributed by atoms with Crippen molar-refractivity contribution >= 4 is 27.8 Å². The molecule has 286 valence electrons. The normalized spacial score (nSPS) is 13.2. The lowest BCUT2D eigenvalue weighted by Gasteiger charge is -2.26. The predicted molar refractivity (Wildman–Crippen MR) is 187 cm³/mol. The van der Waals surface area contributed by atoms with Gasteiger partial charge >= 0.3 is 18.3 Å². The van der Waals surface area contributed by atoms with Gasteiger partial charge in [-0.2, -0.15) is 31.4 Å². The van der Waals surface area contributed by atoms with Gasteiger partial charge in [0.25, 0.3) is 5.56 Å². The molecule has 17 heteroatoms. The maximum atomic E-state index is 14.6. The van der Waals surface area contributed by atoms with E-state index in [4.69, 9.17) is 4.74 Å². The third-order valence-corrected chi connectivity index (χ3v) is 8.74. The highest BCUT2D eigenvalue weighted by Crippen LogP contribution is 2.38. The van der Waals surface area contributed by atoms with Gasteiger partial charge in [-0.05, 0) is 94.7 Å². The van der Waals surface area contributed by atoms with Crippen LogP contribution in [-0.4, -0.2) is 63.5 Å². The average Bonchev–Trinajstić information content (AvgIpc) is 3.47. The number of aromatic hydroxyl groups is 1. The Labute approximate surface area is 309 Å². The van der Waals surface area contributed by atoms with E-state index in [1.807, 2.05) is 0 Å². The zero-order chi connectivity index (χ0) is 39.4. The van der Waals surface area contributed by atoms with Crippen LogP contribution in [0.5, 0.6) is 5.75 Å². The SMILES string of the molecule is CCOC(=O)C[C@H](NC(=O)C(c1cccc(Br)c1)n1cc(CCCN(C)C)c(C(F)(F)F)cc1=O)c1cn(-c2c(C)cc(C)cc2O)nc1C(F)(F)F. The maximum Gasteiger partial charge on any atom is 0.435 e. The molecule has 2 aromatic heterocycles. The third-order valence-electron chi connectivity index (χ3n) is 8.24. The minimum absolute atomic E-state index is 0.0846. The second kappa shape index (κ2) is 16.6. The number of aryl methyl sites for hydroxylation is 3. The molecule has 0 aliphatic carbocycles. The number of benzene rings is 2. The van der Waals surface area contributed by atoms with Gasteiger partial charge in [0, 0.05) is 28.5 Å². The molecule has 0 bridgehead atoms. The van der Waals surface area contributed by atoms with Crippen LogP contribution < -0.4 is 10.9 Å². The van der Waals surface area contributed by atoms with E-state index in [0.717, 1.165) is 21.6 Å². The van der Waals surface area contributed by atoms with Crippen molar-refractivity contribution in [3.05, 3.63) is 109 Å². The van der Waals surface area contributed by atoms with Crippen LogP contribution in [0.25, 0.3) is 5.69 Å². The zero-order valence-electron chi connectivity index (χ0n) is 29.4. The lowest BCUT2D eigenvalue weighted by molar-refractivity contribution is -0.146. The molecular formula is C36H38BrF6N5O5. The molecular weight excluding hydrogens is 776 g/mol. The van der Waals surface area contributed by atoms with Crippen molar-refractivity contribution in [3.63, 3.8) is 0 Å². The molecule has 4 aromatic rings. The number of rotatable bonds is 13. The smallest absolute Gasteiger partial charge is 0.435 e. The molecule has 0 saturated heterocycles. The zero-order valence-corrected chi connectivity index (χ0v) is 31.0. The maximum absolute atomic E-state index is 14.6. The summed E-state index contributed by atoms with van der Waals surface area (Å²) in [4.78, 5) is 42.5. The fraction of sp³-hybridized carbons (Fsp3) is 0.389. The predicted octanol–water partition coefficient (Wildman–Crippen LogP) is 7.05. The molecule has 2 heterocycles. The lowest BCUT2D eigenvalue weighted by atomic mass is 10.00. The molecule has 2 atom stereocenters. The number of phenols is 1. The Morgan fingerprint density at radius 3 is 2.32 bits per heavy atom. The Morgan fingerprint density at radius 2 is 1.74 bits per heavy atom. The number of carbonyl (C=O) groups is 2. The molecule has 1 amide bonds. The molecule has 0 fully saturated rings. The fourth-order valence-corrected chi connectivity index (χ4v) is 6.46. The van der Waals surface area contributed by atoms with Gasteiger partial charge in [0.15, 0.2) is 5.69 Å². The Bertz CT molecular complexity index is 2000. The number of hydrogen-bond acceptors (Lipinski definition) is 7. The number of amides is 1. The van der Waals surface area contributed by atoms with Gasteiger partial charge < -0.3 is 20.1 Å². The van der Waals surface area contributed by atoms with E-state index in [1.54, 1.807) is 45.0 Å². The number of carbonyl (C=O) groups excluding carboxylic acids is 2. The highest BCUT2D eigenvalue weighted by atomic mass is 79.9. The highest BCUT2D eigenvalue weighted by molar-refractivity contribution is 9.10. The molecule has 1 unspecified atom stereocenters. The molecule has 53 heavy (non-hydrogen) atoms. The number of nitrogens with zero attached hydrogens (tertiary/aromatic N) is 4. The second-order valence-electron chi connectivity index (χ2n) is 12.7. The number of halogens is 7. The van der Waals surface area contributed by atoms with Crippen molar-refractivity contribution in [2.45, 2.75) is 64.5 Å². The Balaban J connectivity index is 1.92. The minimum Gasteiger partial charge on any atom is -0.506 e. The number of aromatic nitrogens is 3. The van der Waals surface area contributed by atoms with Crippen LogP contribution >= 0.6 is 15.9 Å². The molecule has 2 aromatic carbocycles. The highest BCUT2D eigenvalue weighted by Gasteiger charge is 2.42. The van der Waals surface area contributed by atoms with E-state index in [1.165, 1.54) is 31.2 Å². The van der Waals surface area contributed by atoms with Gasteiger partial charge in [0.1, 0.15) is 17.5 Å². The van der Waals surface area contributed by atoms with Crippen molar-refractivity contribution in [2.75, 3.05) is 27.2 Å². The fourth-order valence-electron chi connectivity index (χ4n) is 6.05. The largest absolute Gasteiger partial charge is 0.506 e. The number of nitrogens with one attached hydrogen (secondary N) is 1. The molecule has 0 aliphatic heterocycles. The van der Waals surface area contributed by atoms with Crippen LogP contribution in [0.15, 0.2) is 64.1 Å². The third kappa shape index (κ3) is 10.1. The molecule has 4 rings (SSSR count). The first kappa shape index (κ1) is 41.1. The number of alkyl halides is 6. The van der Waals surface area contributed by atoms with Crippen molar-refractivity contribution in [1.29, 1.82) is 0 Å². The minimum atomic E-state index is -5.12. The van der Waals surface area contributed by atoms with E-state index >= 15 is 0 Å². The summed E-state index contributed by atoms with van der Waals surface area (Å²) in [5, 5.41) is 16.8. The summed E-state index contributed by atoms with van der Waals surface area (Å²) in [5.41, 5.74) is -3.81. The van der Waals surface area contributed by atoms with E-state index in [-0.39, 0.29) is 42.0 Å². The molecule has 2 N–H and O–H groups in total. The monoisotopic (exact) mass is 813 g/mol. The van der Waals surface area contributed by atoms with Crippen molar-refractivity contribution in [1.82, 2.24) is 24.6 Å². The molecule has 0 aliphatic rings. The molecule has 0 radical (unpaired) electrons. The second-order valence-corrected chi connectivity index (χ2v) is 13.6. The van der Waals surface area contributed by atoms with Gasteiger partial charge in [-0.25, -0.2) is 4.68 Å². The number of hydrogen-bond donors (Lipinski definition) is 2. The van der Waals surface area contributed by atoms with Gasteiger partial charge in [0.05, 0.1) is 24.6 Å². The summed E-state index contributed by atoms with van der Waals surface area (Å²) in [6.07, 6.45) is -8.84. The number of phenolic OH excluding ortho intramolecular Hbond substituents is 1. The Kier molecular flexibility index (Phi) is 12.9. The van der Waals surface area contributed by atoms with Gasteiger partial charge in [-0.3, -0.25) is 19.0 Å². The van der Waals surface area contributed by atoms with Gasteiger partial charge in [0.2, 0.25) is 5.91 Å². The average molecular weight is 815 g/mol. The van der Waals surface area contributed by atoms with Crippen LogP contribution in [0, 0.1) is 13.8 Å². The van der Waals surface area contributed by atoms with Crippen molar-refractivity contribution < 1.29 is 45.8 Å². The van der Waals surface area contributed by atoms with Crippen molar-refractivity contribution in [2.24, 2.45) is 0 Å². The summed E-state index contributed by atoms with van der Waals surface area (Å²) < 4.78 is 93.4. The van der Waals surface area contributed by atoms with E-state index in [2.05, 4.69) is 26.3 Å².